The van der Waals surface area contributed by atoms with Crippen LogP contribution < -0.4 is 0 Å². The van der Waals surface area contributed by atoms with E-state index in [1.807, 2.05) is 13.0 Å². The first-order chi connectivity index (χ1) is 4.34. The average Bonchev–Trinajstić information content (AvgIpc) is 2.37. The fraction of sp³-hybridized carbons (Fsp3) is 0.667. The summed E-state index contributed by atoms with van der Waals surface area (Å²) in [5, 5.41) is 0. The number of rotatable bonds is 2. The fourth-order valence-corrected chi connectivity index (χ4v) is 0.791. The Morgan fingerprint density at radius 2 is 2.11 bits per heavy atom. The molecule has 0 spiro atoms. The highest BCUT2D eigenvalue weighted by atomic mass is 16.6. The lowest BCUT2D eigenvalue weighted by molar-refractivity contribution is 0.365. The molecule has 1 aliphatic rings. The molecule has 0 aromatic carbocycles. The quantitative estimate of drug-likeness (QED) is 0.407. The summed E-state index contributed by atoms with van der Waals surface area (Å²) in [6, 6.07) is 0. The summed E-state index contributed by atoms with van der Waals surface area (Å²) in [5.41, 5.74) is 0. The Labute approximate surface area is 56.0 Å². The second-order valence-corrected chi connectivity index (χ2v) is 2.20. The van der Waals surface area contributed by atoms with Gasteiger partial charge in [-0.1, -0.05) is 13.0 Å². The highest BCUT2D eigenvalue weighted by molar-refractivity contribution is 6.47. The van der Waals surface area contributed by atoms with E-state index in [4.69, 9.17) is 9.31 Å². The third-order valence-electron chi connectivity index (χ3n) is 1.45. The molecule has 0 aromatic rings. The van der Waals surface area contributed by atoms with Crippen LogP contribution in [0.3, 0.4) is 0 Å². The SMILES string of the molecule is C=CC(C)B1OCCO1. The maximum Gasteiger partial charge on any atom is 0.464 e. The summed E-state index contributed by atoms with van der Waals surface area (Å²) < 4.78 is 10.4. The van der Waals surface area contributed by atoms with Crippen LogP contribution in [0.4, 0.5) is 0 Å². The van der Waals surface area contributed by atoms with Gasteiger partial charge in [-0.2, -0.15) is 0 Å². The van der Waals surface area contributed by atoms with Crippen molar-refractivity contribution in [3.8, 4) is 0 Å². The lowest BCUT2D eigenvalue weighted by atomic mass is 9.74. The zero-order chi connectivity index (χ0) is 6.69. The van der Waals surface area contributed by atoms with Crippen molar-refractivity contribution in [1.29, 1.82) is 0 Å². The minimum atomic E-state index is -0.0394. The van der Waals surface area contributed by atoms with Crippen molar-refractivity contribution in [3.05, 3.63) is 12.7 Å². The maximum absolute atomic E-state index is 5.21. The van der Waals surface area contributed by atoms with Gasteiger partial charge in [-0.25, -0.2) is 0 Å². The van der Waals surface area contributed by atoms with Crippen LogP contribution in [0, 0.1) is 0 Å². The van der Waals surface area contributed by atoms with Crippen LogP contribution in [0.15, 0.2) is 12.7 Å². The van der Waals surface area contributed by atoms with Crippen molar-refractivity contribution in [3.63, 3.8) is 0 Å². The Hall–Kier alpha value is -0.275. The molecule has 1 fully saturated rings. The zero-order valence-electron chi connectivity index (χ0n) is 5.67. The predicted molar refractivity (Wildman–Crippen MR) is 37.3 cm³/mol. The molecule has 50 valence electrons. The molecule has 1 saturated heterocycles. The summed E-state index contributed by atoms with van der Waals surface area (Å²) >= 11 is 0. The molecule has 0 radical (unpaired) electrons. The fourth-order valence-electron chi connectivity index (χ4n) is 0.791. The Morgan fingerprint density at radius 3 is 2.56 bits per heavy atom. The van der Waals surface area contributed by atoms with Gasteiger partial charge < -0.3 is 9.31 Å². The predicted octanol–water partition coefficient (Wildman–Crippen LogP) is 1.10. The lowest BCUT2D eigenvalue weighted by Gasteiger charge is -2.06. The van der Waals surface area contributed by atoms with Crippen LogP contribution in [-0.4, -0.2) is 20.3 Å². The zero-order valence-corrected chi connectivity index (χ0v) is 5.67. The molecule has 1 heterocycles. The first-order valence-electron chi connectivity index (χ1n) is 3.20. The summed E-state index contributed by atoms with van der Waals surface area (Å²) in [4.78, 5) is 0. The van der Waals surface area contributed by atoms with E-state index in [-0.39, 0.29) is 7.12 Å². The molecule has 0 aliphatic carbocycles. The van der Waals surface area contributed by atoms with E-state index < -0.39 is 0 Å². The van der Waals surface area contributed by atoms with Crippen molar-refractivity contribution in [2.24, 2.45) is 0 Å². The van der Waals surface area contributed by atoms with Crippen molar-refractivity contribution < 1.29 is 9.31 Å². The Kier molecular flexibility index (Phi) is 2.31. The van der Waals surface area contributed by atoms with Gasteiger partial charge in [-0.3, -0.25) is 0 Å². The maximum atomic E-state index is 5.21. The van der Waals surface area contributed by atoms with E-state index in [9.17, 15) is 0 Å². The molecular weight excluding hydrogens is 115 g/mol. The van der Waals surface area contributed by atoms with E-state index in [0.29, 0.717) is 5.82 Å². The molecule has 0 amide bonds. The van der Waals surface area contributed by atoms with Crippen molar-refractivity contribution in [2.45, 2.75) is 12.7 Å². The first kappa shape index (κ1) is 6.84. The van der Waals surface area contributed by atoms with Crippen LogP contribution in [0.25, 0.3) is 0 Å². The normalized spacial score (nSPS) is 22.1. The molecule has 0 N–H and O–H groups in total. The highest BCUT2D eigenvalue weighted by Crippen LogP contribution is 2.15. The van der Waals surface area contributed by atoms with Gasteiger partial charge in [0.1, 0.15) is 0 Å². The van der Waals surface area contributed by atoms with Gasteiger partial charge in [0.15, 0.2) is 0 Å². The van der Waals surface area contributed by atoms with Crippen LogP contribution in [0.5, 0.6) is 0 Å². The Morgan fingerprint density at radius 1 is 1.56 bits per heavy atom. The third-order valence-corrected chi connectivity index (χ3v) is 1.45. The Balaban J connectivity index is 2.32. The molecule has 1 atom stereocenters. The van der Waals surface area contributed by atoms with Crippen LogP contribution in [0.2, 0.25) is 5.82 Å². The first-order valence-corrected chi connectivity index (χ1v) is 3.20. The monoisotopic (exact) mass is 126 g/mol. The summed E-state index contributed by atoms with van der Waals surface area (Å²) in [7, 11) is -0.0394. The molecule has 1 unspecified atom stereocenters. The number of allylic oxidation sites excluding steroid dienone is 1. The van der Waals surface area contributed by atoms with Gasteiger partial charge in [-0.05, 0) is 0 Å². The molecule has 9 heavy (non-hydrogen) atoms. The van der Waals surface area contributed by atoms with E-state index in [2.05, 4.69) is 6.58 Å². The minimum Gasteiger partial charge on any atom is -0.408 e. The molecule has 0 saturated carbocycles. The molecule has 1 aliphatic heterocycles. The molecule has 1 rings (SSSR count). The highest BCUT2D eigenvalue weighted by Gasteiger charge is 2.27. The van der Waals surface area contributed by atoms with E-state index in [1.54, 1.807) is 0 Å². The third kappa shape index (κ3) is 1.56. The van der Waals surface area contributed by atoms with Gasteiger partial charge in [0.05, 0.1) is 13.2 Å². The van der Waals surface area contributed by atoms with Gasteiger partial charge in [0.25, 0.3) is 0 Å². The standard InChI is InChI=1S/C6H11BO2/c1-3-6(2)7-8-4-5-9-7/h3,6H,1,4-5H2,2H3. The van der Waals surface area contributed by atoms with Crippen LogP contribution >= 0.6 is 0 Å². The molecular formula is C6H11BO2. The van der Waals surface area contributed by atoms with Crippen molar-refractivity contribution in [2.75, 3.05) is 13.2 Å². The van der Waals surface area contributed by atoms with Gasteiger partial charge >= 0.3 is 7.12 Å². The van der Waals surface area contributed by atoms with E-state index in [0.717, 1.165) is 13.2 Å². The smallest absolute Gasteiger partial charge is 0.408 e. The molecule has 2 nitrogen and oxygen atoms in total. The molecule has 3 heteroatoms. The average molecular weight is 126 g/mol. The second kappa shape index (κ2) is 3.04. The Bertz CT molecular complexity index is 99.2. The summed E-state index contributed by atoms with van der Waals surface area (Å²) in [6.07, 6.45) is 1.84. The second-order valence-electron chi connectivity index (χ2n) is 2.20. The number of hydrogen-bond donors (Lipinski definition) is 0. The molecule has 0 aromatic heterocycles. The summed E-state index contributed by atoms with van der Waals surface area (Å²) in [5.74, 6) is 0.312. The van der Waals surface area contributed by atoms with Gasteiger partial charge in [-0.15, -0.1) is 6.58 Å². The van der Waals surface area contributed by atoms with Gasteiger partial charge in [0.2, 0.25) is 0 Å². The lowest BCUT2D eigenvalue weighted by Crippen LogP contribution is -2.18. The van der Waals surface area contributed by atoms with E-state index >= 15 is 0 Å². The van der Waals surface area contributed by atoms with Gasteiger partial charge in [0, 0.05) is 5.82 Å². The van der Waals surface area contributed by atoms with E-state index in [1.165, 1.54) is 0 Å². The van der Waals surface area contributed by atoms with Crippen molar-refractivity contribution >= 4 is 7.12 Å². The topological polar surface area (TPSA) is 18.5 Å². The minimum absolute atomic E-state index is 0.0394. The van der Waals surface area contributed by atoms with Crippen LogP contribution in [0.1, 0.15) is 6.92 Å². The van der Waals surface area contributed by atoms with Crippen molar-refractivity contribution in [1.82, 2.24) is 0 Å². The van der Waals surface area contributed by atoms with Crippen LogP contribution in [-0.2, 0) is 9.31 Å². The largest absolute Gasteiger partial charge is 0.464 e. The number of hydrogen-bond acceptors (Lipinski definition) is 2. The summed E-state index contributed by atoms with van der Waals surface area (Å²) in [6.45, 7) is 7.13. The molecule has 0 bridgehead atoms.